The van der Waals surface area contributed by atoms with Gasteiger partial charge in [0.2, 0.25) is 0 Å². The molecule has 0 amide bonds. The van der Waals surface area contributed by atoms with Crippen LogP contribution in [0.4, 0.5) is 0 Å². The van der Waals surface area contributed by atoms with E-state index < -0.39 is 5.97 Å². The summed E-state index contributed by atoms with van der Waals surface area (Å²) < 4.78 is 0. The molecule has 0 bridgehead atoms. The Hall–Kier alpha value is -1.06. The van der Waals surface area contributed by atoms with Crippen LogP contribution in [-0.2, 0) is 11.2 Å². The van der Waals surface area contributed by atoms with Gasteiger partial charge in [-0.1, -0.05) is 17.7 Å². The van der Waals surface area contributed by atoms with E-state index >= 15 is 0 Å². The summed E-state index contributed by atoms with van der Waals surface area (Å²) in [4.78, 5) is 10.4. The lowest BCUT2D eigenvalue weighted by atomic mass is 10.1. The monoisotopic (exact) mass is 239 g/mol. The van der Waals surface area contributed by atoms with E-state index in [0.29, 0.717) is 6.54 Å². The van der Waals surface area contributed by atoms with Gasteiger partial charge in [0.05, 0.1) is 6.42 Å². The third-order valence-corrected chi connectivity index (χ3v) is 3.15. The maximum Gasteiger partial charge on any atom is 0.304 e. The first kappa shape index (κ1) is 11.4. The zero-order valence-corrected chi connectivity index (χ0v) is 9.63. The molecule has 0 heterocycles. The smallest absolute Gasteiger partial charge is 0.304 e. The molecule has 16 heavy (non-hydrogen) atoms. The first-order valence-corrected chi connectivity index (χ1v) is 5.78. The summed E-state index contributed by atoms with van der Waals surface area (Å²) in [5.41, 5.74) is 2.54. The topological polar surface area (TPSA) is 49.3 Å². The third kappa shape index (κ3) is 2.54. The molecule has 0 radical (unpaired) electrons. The van der Waals surface area contributed by atoms with Crippen LogP contribution in [0.15, 0.2) is 18.2 Å². The zero-order chi connectivity index (χ0) is 11.5. The second kappa shape index (κ2) is 4.85. The van der Waals surface area contributed by atoms with Gasteiger partial charge in [-0.25, -0.2) is 0 Å². The fraction of sp³-hybridized carbons (Fsp3) is 0.417. The summed E-state index contributed by atoms with van der Waals surface area (Å²) in [6.07, 6.45) is 2.20. The van der Waals surface area contributed by atoms with Crippen LogP contribution in [0.2, 0.25) is 5.02 Å². The van der Waals surface area contributed by atoms with Crippen LogP contribution < -0.4 is 5.32 Å². The highest BCUT2D eigenvalue weighted by Crippen LogP contribution is 2.32. The quantitative estimate of drug-likeness (QED) is 0.848. The van der Waals surface area contributed by atoms with Gasteiger partial charge in [0.15, 0.2) is 0 Å². The molecule has 0 fully saturated rings. The van der Waals surface area contributed by atoms with Crippen molar-refractivity contribution < 1.29 is 9.90 Å². The van der Waals surface area contributed by atoms with Crippen LogP contribution in [0, 0.1) is 0 Å². The van der Waals surface area contributed by atoms with E-state index in [1.54, 1.807) is 0 Å². The number of hydrogen-bond acceptors (Lipinski definition) is 2. The molecule has 1 aliphatic rings. The highest BCUT2D eigenvalue weighted by atomic mass is 35.5. The van der Waals surface area contributed by atoms with Gasteiger partial charge in [-0.2, -0.15) is 0 Å². The number of carboxylic acid groups (broad SMARTS) is 1. The Morgan fingerprint density at radius 1 is 1.56 bits per heavy atom. The largest absolute Gasteiger partial charge is 0.481 e. The van der Waals surface area contributed by atoms with Crippen molar-refractivity contribution in [3.8, 4) is 0 Å². The Bertz CT molecular complexity index is 406. The number of fused-ring (bicyclic) bond motifs is 1. The van der Waals surface area contributed by atoms with Gasteiger partial charge in [-0.3, -0.25) is 4.79 Å². The van der Waals surface area contributed by atoms with E-state index in [4.69, 9.17) is 16.7 Å². The lowest BCUT2D eigenvalue weighted by Gasteiger charge is -2.13. The number of aliphatic carboxylic acids is 1. The number of nitrogens with one attached hydrogen (secondary N) is 1. The molecule has 0 aromatic heterocycles. The Balaban J connectivity index is 1.98. The maximum atomic E-state index is 10.4. The van der Waals surface area contributed by atoms with Crippen molar-refractivity contribution in [2.45, 2.75) is 25.3 Å². The SMILES string of the molecule is O=C(O)CCNC1CCc2cc(Cl)ccc21. The number of hydrogen-bond donors (Lipinski definition) is 2. The van der Waals surface area contributed by atoms with Crippen molar-refractivity contribution in [1.29, 1.82) is 0 Å². The predicted octanol–water partition coefficient (Wildman–Crippen LogP) is 2.39. The molecule has 1 aliphatic carbocycles. The van der Waals surface area contributed by atoms with Crippen LogP contribution in [-0.4, -0.2) is 17.6 Å². The summed E-state index contributed by atoms with van der Waals surface area (Å²) in [7, 11) is 0. The Morgan fingerprint density at radius 3 is 3.12 bits per heavy atom. The minimum Gasteiger partial charge on any atom is -0.481 e. The first-order chi connectivity index (χ1) is 7.66. The Kier molecular flexibility index (Phi) is 3.46. The number of halogens is 1. The van der Waals surface area contributed by atoms with Gasteiger partial charge in [0.25, 0.3) is 0 Å². The Labute approximate surface area is 99.4 Å². The van der Waals surface area contributed by atoms with Crippen LogP contribution in [0.5, 0.6) is 0 Å². The van der Waals surface area contributed by atoms with Crippen molar-refractivity contribution in [2.24, 2.45) is 0 Å². The van der Waals surface area contributed by atoms with E-state index in [1.165, 1.54) is 11.1 Å². The standard InChI is InChI=1S/C12H14ClNO2/c13-9-2-3-10-8(7-9)1-4-11(10)14-6-5-12(15)16/h2-3,7,11,14H,1,4-6H2,(H,15,16). The van der Waals surface area contributed by atoms with E-state index in [2.05, 4.69) is 5.32 Å². The first-order valence-electron chi connectivity index (χ1n) is 5.40. The lowest BCUT2D eigenvalue weighted by molar-refractivity contribution is -0.136. The number of aryl methyl sites for hydroxylation is 1. The van der Waals surface area contributed by atoms with E-state index in [0.717, 1.165) is 17.9 Å². The lowest BCUT2D eigenvalue weighted by Crippen LogP contribution is -2.22. The molecule has 4 heteroatoms. The van der Waals surface area contributed by atoms with Gasteiger partial charge < -0.3 is 10.4 Å². The zero-order valence-electron chi connectivity index (χ0n) is 8.87. The summed E-state index contributed by atoms with van der Waals surface area (Å²) in [5, 5.41) is 12.6. The second-order valence-corrected chi connectivity index (χ2v) is 4.47. The maximum absolute atomic E-state index is 10.4. The molecule has 0 aliphatic heterocycles. The van der Waals surface area contributed by atoms with Crippen LogP contribution in [0.3, 0.4) is 0 Å². The summed E-state index contributed by atoms with van der Waals surface area (Å²) in [5.74, 6) is -0.762. The molecule has 1 aromatic rings. The summed E-state index contributed by atoms with van der Waals surface area (Å²) in [6.45, 7) is 0.516. The molecule has 3 nitrogen and oxygen atoms in total. The van der Waals surface area contributed by atoms with E-state index in [9.17, 15) is 4.79 Å². The normalized spacial score (nSPS) is 18.4. The van der Waals surface area contributed by atoms with Crippen LogP contribution in [0.25, 0.3) is 0 Å². The molecule has 0 saturated carbocycles. The molecule has 2 rings (SSSR count). The highest BCUT2D eigenvalue weighted by molar-refractivity contribution is 6.30. The van der Waals surface area contributed by atoms with Gasteiger partial charge in [0.1, 0.15) is 0 Å². The minimum absolute atomic E-state index is 0.166. The van der Waals surface area contributed by atoms with Crippen LogP contribution in [0.1, 0.15) is 30.0 Å². The van der Waals surface area contributed by atoms with Crippen molar-refractivity contribution in [3.05, 3.63) is 34.3 Å². The summed E-state index contributed by atoms with van der Waals surface area (Å²) in [6, 6.07) is 6.20. The Morgan fingerprint density at radius 2 is 2.38 bits per heavy atom. The number of benzene rings is 1. The van der Waals surface area contributed by atoms with Gasteiger partial charge in [0, 0.05) is 17.6 Å². The van der Waals surface area contributed by atoms with E-state index in [1.807, 2.05) is 18.2 Å². The second-order valence-electron chi connectivity index (χ2n) is 4.03. The molecule has 1 atom stereocenters. The number of carbonyl (C=O) groups is 1. The molecular formula is C12H14ClNO2. The molecular weight excluding hydrogens is 226 g/mol. The van der Waals surface area contributed by atoms with Gasteiger partial charge in [-0.05, 0) is 36.1 Å². The predicted molar refractivity (Wildman–Crippen MR) is 62.8 cm³/mol. The number of rotatable bonds is 4. The van der Waals surface area contributed by atoms with Crippen molar-refractivity contribution >= 4 is 17.6 Å². The molecule has 1 aromatic carbocycles. The molecule has 0 saturated heterocycles. The molecule has 1 unspecified atom stereocenters. The molecule has 2 N–H and O–H groups in total. The number of carboxylic acids is 1. The fourth-order valence-corrected chi connectivity index (χ4v) is 2.35. The van der Waals surface area contributed by atoms with Crippen molar-refractivity contribution in [2.75, 3.05) is 6.54 Å². The van der Waals surface area contributed by atoms with E-state index in [-0.39, 0.29) is 12.5 Å². The average Bonchev–Trinajstić information content (AvgIpc) is 2.60. The van der Waals surface area contributed by atoms with Gasteiger partial charge in [-0.15, -0.1) is 0 Å². The van der Waals surface area contributed by atoms with Gasteiger partial charge >= 0.3 is 5.97 Å². The average molecular weight is 240 g/mol. The van der Waals surface area contributed by atoms with Crippen LogP contribution >= 0.6 is 11.6 Å². The minimum atomic E-state index is -0.762. The molecule has 0 spiro atoms. The highest BCUT2D eigenvalue weighted by Gasteiger charge is 2.21. The summed E-state index contributed by atoms with van der Waals surface area (Å²) >= 11 is 5.92. The van der Waals surface area contributed by atoms with Crippen molar-refractivity contribution in [1.82, 2.24) is 5.32 Å². The third-order valence-electron chi connectivity index (χ3n) is 2.91. The van der Waals surface area contributed by atoms with Crippen molar-refractivity contribution in [3.63, 3.8) is 0 Å². The molecule has 86 valence electrons. The fourth-order valence-electron chi connectivity index (χ4n) is 2.15.